The van der Waals surface area contributed by atoms with Crippen LogP contribution in [0.1, 0.15) is 62.0 Å². The van der Waals surface area contributed by atoms with E-state index in [2.05, 4.69) is 63.3 Å². The number of carbonyl (C=O) groups is 1. The summed E-state index contributed by atoms with van der Waals surface area (Å²) in [5, 5.41) is 0. The molecule has 0 saturated heterocycles. The van der Waals surface area contributed by atoms with E-state index < -0.39 is 0 Å². The van der Waals surface area contributed by atoms with E-state index in [1.165, 1.54) is 9.14 Å². The van der Waals surface area contributed by atoms with Gasteiger partial charge in [-0.25, -0.2) is 0 Å². The van der Waals surface area contributed by atoms with Crippen LogP contribution in [0.4, 0.5) is 0 Å². The van der Waals surface area contributed by atoms with Gasteiger partial charge in [0.05, 0.1) is 5.70 Å². The molecule has 20 heavy (non-hydrogen) atoms. The smallest absolute Gasteiger partial charge is 0.259 e. The van der Waals surface area contributed by atoms with Crippen LogP contribution in [-0.4, -0.2) is 16.3 Å². The number of hydrogen-bond acceptors (Lipinski definition) is 1. The third kappa shape index (κ3) is 2.65. The van der Waals surface area contributed by atoms with E-state index in [1.807, 2.05) is 17.0 Å². The number of fused-ring (bicyclic) bond motifs is 1. The number of aryl methyl sites for hydroxylation is 1. The van der Waals surface area contributed by atoms with Crippen molar-refractivity contribution in [2.24, 2.45) is 0 Å². The maximum absolute atomic E-state index is 12.8. The van der Waals surface area contributed by atoms with Crippen LogP contribution in [-0.2, 0) is 0 Å². The predicted molar refractivity (Wildman–Crippen MR) is 92.9 cm³/mol. The van der Waals surface area contributed by atoms with Gasteiger partial charge in [0, 0.05) is 20.2 Å². The second-order valence-corrected chi connectivity index (χ2v) is 7.67. The molecule has 1 heterocycles. The molecule has 0 N–H and O–H groups in total. The van der Waals surface area contributed by atoms with Crippen molar-refractivity contribution >= 4 is 34.2 Å². The third-order valence-corrected chi connectivity index (χ3v) is 4.53. The zero-order valence-electron chi connectivity index (χ0n) is 12.9. The van der Waals surface area contributed by atoms with E-state index >= 15 is 0 Å². The van der Waals surface area contributed by atoms with Crippen molar-refractivity contribution in [3.05, 3.63) is 38.5 Å². The lowest BCUT2D eigenvalue weighted by molar-refractivity contribution is 0.0748. The Bertz CT molecular complexity index is 581. The summed E-state index contributed by atoms with van der Waals surface area (Å²) in [6, 6.07) is 6.13. The van der Waals surface area contributed by atoms with Crippen LogP contribution in [0.15, 0.2) is 21.8 Å². The Morgan fingerprint density at radius 3 is 2.45 bits per heavy atom. The van der Waals surface area contributed by atoms with Gasteiger partial charge in [-0.1, -0.05) is 25.0 Å². The molecule has 2 rings (SSSR count). The van der Waals surface area contributed by atoms with Crippen molar-refractivity contribution in [3.8, 4) is 0 Å². The average Bonchev–Trinajstić information content (AvgIpc) is 2.62. The largest absolute Gasteiger partial charge is 0.302 e. The molecule has 2 nitrogen and oxygen atoms in total. The molecule has 0 saturated carbocycles. The minimum Gasteiger partial charge on any atom is -0.302 e. The Kier molecular flexibility index (Phi) is 4.28. The van der Waals surface area contributed by atoms with Crippen LogP contribution in [0.5, 0.6) is 0 Å². The predicted octanol–water partition coefficient (Wildman–Crippen LogP) is 5.15. The monoisotopic (exact) mass is 383 g/mol. The summed E-state index contributed by atoms with van der Waals surface area (Å²) in [6.45, 7) is 10.5. The molecule has 0 radical (unpaired) electrons. The summed E-state index contributed by atoms with van der Waals surface area (Å²) in [6.07, 6.45) is 2.11. The van der Waals surface area contributed by atoms with Gasteiger partial charge in [-0.05, 0) is 68.8 Å². The normalized spacial score (nSPS) is 17.5. The van der Waals surface area contributed by atoms with E-state index in [1.54, 1.807) is 0 Å². The highest BCUT2D eigenvalue weighted by molar-refractivity contribution is 14.1. The first-order valence-electron chi connectivity index (χ1n) is 7.11. The number of nitrogens with zero attached hydrogens (tertiary/aromatic N) is 1. The fourth-order valence-corrected chi connectivity index (χ4v) is 3.70. The summed E-state index contributed by atoms with van der Waals surface area (Å²) in [7, 11) is 0. The molecule has 1 aromatic carbocycles. The van der Waals surface area contributed by atoms with Gasteiger partial charge in [0.25, 0.3) is 5.91 Å². The Morgan fingerprint density at radius 1 is 1.25 bits per heavy atom. The molecule has 1 amide bonds. The van der Waals surface area contributed by atoms with Crippen molar-refractivity contribution in [1.29, 1.82) is 0 Å². The number of carbonyl (C=O) groups excluding carboxylic acids is 1. The first-order chi connectivity index (χ1) is 9.27. The van der Waals surface area contributed by atoms with Gasteiger partial charge in [0.1, 0.15) is 0 Å². The van der Waals surface area contributed by atoms with Crippen LogP contribution in [0.2, 0.25) is 0 Å². The Hall–Kier alpha value is -0.840. The highest BCUT2D eigenvalue weighted by Gasteiger charge is 2.39. The summed E-state index contributed by atoms with van der Waals surface area (Å²) in [5.74, 6) is 0.132. The van der Waals surface area contributed by atoms with Gasteiger partial charge in [-0.15, -0.1) is 0 Å². The fourth-order valence-electron chi connectivity index (χ4n) is 2.63. The first-order valence-corrected chi connectivity index (χ1v) is 8.19. The van der Waals surface area contributed by atoms with Gasteiger partial charge in [-0.3, -0.25) is 4.79 Å². The minimum absolute atomic E-state index is 0.132. The standard InChI is InChI=1S/C17H22INO/c1-6-7-14(18)15-13-10-11(2)8-9-12(13)16(20)19(15)17(3,4)5/h8-10H,6-7H2,1-5H3/b15-14+. The molecule has 1 aliphatic heterocycles. The van der Waals surface area contributed by atoms with Gasteiger partial charge in [0.2, 0.25) is 0 Å². The highest BCUT2D eigenvalue weighted by atomic mass is 127. The van der Waals surface area contributed by atoms with Crippen LogP contribution >= 0.6 is 22.6 Å². The number of rotatable bonds is 2. The molecule has 0 aliphatic carbocycles. The molecule has 1 aliphatic rings. The number of amides is 1. The quantitative estimate of drug-likeness (QED) is 0.647. The van der Waals surface area contributed by atoms with Crippen LogP contribution < -0.4 is 0 Å². The van der Waals surface area contributed by atoms with Gasteiger partial charge in [-0.2, -0.15) is 0 Å². The zero-order valence-corrected chi connectivity index (χ0v) is 15.0. The van der Waals surface area contributed by atoms with E-state index in [-0.39, 0.29) is 11.4 Å². The topological polar surface area (TPSA) is 20.3 Å². The maximum atomic E-state index is 12.8. The minimum atomic E-state index is -0.205. The molecule has 0 spiro atoms. The summed E-state index contributed by atoms with van der Waals surface area (Å²) in [4.78, 5) is 14.7. The molecular formula is C17H22INO. The van der Waals surface area contributed by atoms with E-state index in [0.717, 1.165) is 29.7 Å². The summed E-state index contributed by atoms with van der Waals surface area (Å²) >= 11 is 2.40. The molecule has 0 atom stereocenters. The van der Waals surface area contributed by atoms with Gasteiger partial charge < -0.3 is 4.90 Å². The molecule has 108 valence electrons. The fraction of sp³-hybridized carbons (Fsp3) is 0.471. The van der Waals surface area contributed by atoms with E-state index in [9.17, 15) is 4.79 Å². The highest BCUT2D eigenvalue weighted by Crippen LogP contribution is 2.42. The van der Waals surface area contributed by atoms with Crippen molar-refractivity contribution in [3.63, 3.8) is 0 Å². The Morgan fingerprint density at radius 2 is 1.90 bits per heavy atom. The lowest BCUT2D eigenvalue weighted by atomic mass is 10.0. The van der Waals surface area contributed by atoms with Crippen molar-refractivity contribution in [2.45, 2.75) is 53.0 Å². The van der Waals surface area contributed by atoms with Gasteiger partial charge >= 0.3 is 0 Å². The SMILES string of the molecule is CCC/C(I)=C1/c2cc(C)ccc2C(=O)N1C(C)(C)C. The second kappa shape index (κ2) is 5.51. The number of benzene rings is 1. The number of hydrogen-bond donors (Lipinski definition) is 0. The van der Waals surface area contributed by atoms with Crippen molar-refractivity contribution in [2.75, 3.05) is 0 Å². The summed E-state index contributed by atoms with van der Waals surface area (Å²) in [5.41, 5.74) is 4.05. The Balaban J connectivity index is 2.69. The second-order valence-electron chi connectivity index (χ2n) is 6.36. The first kappa shape index (κ1) is 15.5. The van der Waals surface area contributed by atoms with Crippen LogP contribution in [0.25, 0.3) is 5.70 Å². The maximum Gasteiger partial charge on any atom is 0.259 e. The zero-order chi connectivity index (χ0) is 15.1. The molecular weight excluding hydrogens is 361 g/mol. The van der Waals surface area contributed by atoms with Gasteiger partial charge in [0.15, 0.2) is 0 Å². The Labute approximate surface area is 135 Å². The van der Waals surface area contributed by atoms with Crippen molar-refractivity contribution < 1.29 is 4.79 Å². The summed E-state index contributed by atoms with van der Waals surface area (Å²) < 4.78 is 1.28. The molecule has 0 bridgehead atoms. The van der Waals surface area contributed by atoms with Crippen LogP contribution in [0.3, 0.4) is 0 Å². The molecule has 0 unspecified atom stereocenters. The molecule has 0 fully saturated rings. The lowest BCUT2D eigenvalue weighted by Gasteiger charge is -2.34. The molecule has 3 heteroatoms. The lowest BCUT2D eigenvalue weighted by Crippen LogP contribution is -2.41. The average molecular weight is 383 g/mol. The van der Waals surface area contributed by atoms with E-state index in [0.29, 0.717) is 0 Å². The van der Waals surface area contributed by atoms with Crippen molar-refractivity contribution in [1.82, 2.24) is 4.90 Å². The molecule has 1 aromatic rings. The van der Waals surface area contributed by atoms with E-state index in [4.69, 9.17) is 0 Å². The third-order valence-electron chi connectivity index (χ3n) is 3.48. The molecule has 0 aromatic heterocycles. The van der Waals surface area contributed by atoms with Crippen LogP contribution in [0, 0.1) is 6.92 Å². The number of halogens is 1. The number of allylic oxidation sites excluding steroid dienone is 1.